The van der Waals surface area contributed by atoms with Crippen LogP contribution in [0.3, 0.4) is 0 Å². The number of nitrogens with zero attached hydrogens (tertiary/aromatic N) is 1. The van der Waals surface area contributed by atoms with Gasteiger partial charge in [-0.25, -0.2) is 0 Å². The molecule has 0 bridgehead atoms. The molecule has 0 aliphatic carbocycles. The minimum Gasteiger partial charge on any atom is -0.461 e. The summed E-state index contributed by atoms with van der Waals surface area (Å²) in [6.45, 7) is 2.35. The summed E-state index contributed by atoms with van der Waals surface area (Å²) in [6.07, 6.45) is 1.01. The van der Waals surface area contributed by atoms with Crippen molar-refractivity contribution >= 4 is 11.7 Å². The second kappa shape index (κ2) is 10.2. The molecule has 0 N–H and O–H groups in total. The Morgan fingerprint density at radius 3 is 1.86 bits per heavy atom. The smallest absolute Gasteiger partial charge is 0.306 e. The molecule has 1 atom stereocenters. The van der Waals surface area contributed by atoms with Gasteiger partial charge in [0, 0.05) is 23.6 Å². The first-order valence-corrected chi connectivity index (χ1v) is 9.60. The van der Waals surface area contributed by atoms with E-state index >= 15 is 0 Å². The van der Waals surface area contributed by atoms with Crippen molar-refractivity contribution in [3.05, 3.63) is 108 Å². The molecule has 142 valence electrons. The second-order valence-corrected chi connectivity index (χ2v) is 6.74. The average Bonchev–Trinajstić information content (AvgIpc) is 2.76. The Morgan fingerprint density at radius 2 is 1.32 bits per heavy atom. The molecule has 0 aliphatic heterocycles. The van der Waals surface area contributed by atoms with Gasteiger partial charge in [-0.15, -0.1) is 0 Å². The Hall–Kier alpha value is -3.20. The summed E-state index contributed by atoms with van der Waals surface area (Å²) in [5, 5.41) is 0. The molecule has 0 heterocycles. The number of ether oxygens (including phenoxy) is 1. The Morgan fingerprint density at radius 1 is 0.821 bits per heavy atom. The molecular formula is C25H25NO2. The van der Waals surface area contributed by atoms with Gasteiger partial charge in [0.15, 0.2) is 0 Å². The van der Waals surface area contributed by atoms with Crippen LogP contribution in [0, 0.1) is 0 Å². The number of hydrogen-bond donors (Lipinski definition) is 0. The molecule has 0 amide bonds. The molecule has 0 spiro atoms. The number of aliphatic imine (C=N–C) groups is 1. The highest BCUT2D eigenvalue weighted by Crippen LogP contribution is 2.14. The fourth-order valence-corrected chi connectivity index (χ4v) is 2.93. The van der Waals surface area contributed by atoms with Gasteiger partial charge in [-0.1, -0.05) is 91.0 Å². The van der Waals surface area contributed by atoms with Crippen molar-refractivity contribution in [3.8, 4) is 0 Å². The highest BCUT2D eigenvalue weighted by molar-refractivity contribution is 6.12. The molecule has 0 fully saturated rings. The summed E-state index contributed by atoms with van der Waals surface area (Å²) in [5.41, 5.74) is 4.10. The van der Waals surface area contributed by atoms with Crippen LogP contribution in [0.5, 0.6) is 0 Å². The lowest BCUT2D eigenvalue weighted by molar-refractivity contribution is -0.145. The summed E-state index contributed by atoms with van der Waals surface area (Å²) in [5.74, 6) is -0.188. The molecule has 3 nitrogen and oxygen atoms in total. The van der Waals surface area contributed by atoms with Crippen molar-refractivity contribution in [2.45, 2.75) is 32.4 Å². The maximum absolute atomic E-state index is 12.1. The number of rotatable bonds is 8. The van der Waals surface area contributed by atoms with Gasteiger partial charge in [-0.05, 0) is 18.9 Å². The van der Waals surface area contributed by atoms with Gasteiger partial charge in [0.2, 0.25) is 0 Å². The summed E-state index contributed by atoms with van der Waals surface area (Å²) in [4.78, 5) is 17.0. The monoisotopic (exact) mass is 371 g/mol. The summed E-state index contributed by atoms with van der Waals surface area (Å²) in [6, 6.07) is 30.0. The van der Waals surface area contributed by atoms with Crippen LogP contribution in [-0.4, -0.2) is 17.7 Å². The van der Waals surface area contributed by atoms with Crippen molar-refractivity contribution in [3.63, 3.8) is 0 Å². The maximum Gasteiger partial charge on any atom is 0.306 e. The van der Waals surface area contributed by atoms with Crippen molar-refractivity contribution in [2.75, 3.05) is 0 Å². The lowest BCUT2D eigenvalue weighted by atomic mass is 10.0. The first kappa shape index (κ1) is 19.6. The Bertz CT molecular complexity index is 848. The number of carbonyl (C=O) groups excluding carboxylic acids is 1. The Labute approximate surface area is 166 Å². The third-order valence-electron chi connectivity index (χ3n) is 4.45. The molecule has 3 heteroatoms. The van der Waals surface area contributed by atoms with E-state index in [0.29, 0.717) is 19.4 Å². The van der Waals surface area contributed by atoms with Crippen molar-refractivity contribution in [1.29, 1.82) is 0 Å². The first-order valence-electron chi connectivity index (χ1n) is 9.60. The second-order valence-electron chi connectivity index (χ2n) is 6.74. The van der Waals surface area contributed by atoms with Gasteiger partial charge in [-0.2, -0.15) is 0 Å². The topological polar surface area (TPSA) is 38.7 Å². The minimum absolute atomic E-state index is 0.0136. The summed E-state index contributed by atoms with van der Waals surface area (Å²) < 4.78 is 5.37. The number of esters is 1. The van der Waals surface area contributed by atoms with E-state index in [9.17, 15) is 4.79 Å². The number of benzene rings is 3. The number of hydrogen-bond acceptors (Lipinski definition) is 3. The van der Waals surface area contributed by atoms with Crippen molar-refractivity contribution in [1.82, 2.24) is 0 Å². The normalized spacial score (nSPS) is 11.5. The van der Waals surface area contributed by atoms with Crippen molar-refractivity contribution < 1.29 is 9.53 Å². The van der Waals surface area contributed by atoms with Crippen LogP contribution in [-0.2, 0) is 16.1 Å². The van der Waals surface area contributed by atoms with Gasteiger partial charge in [0.25, 0.3) is 0 Å². The van der Waals surface area contributed by atoms with Gasteiger partial charge in [0.1, 0.15) is 6.61 Å². The van der Waals surface area contributed by atoms with Gasteiger partial charge < -0.3 is 4.74 Å². The van der Waals surface area contributed by atoms with Gasteiger partial charge >= 0.3 is 5.97 Å². The van der Waals surface area contributed by atoms with E-state index in [4.69, 9.17) is 9.73 Å². The van der Waals surface area contributed by atoms with E-state index in [-0.39, 0.29) is 12.0 Å². The fraction of sp³-hybridized carbons (Fsp3) is 0.200. The third kappa shape index (κ3) is 5.92. The number of carbonyl (C=O) groups is 1. The molecule has 0 radical (unpaired) electrons. The molecule has 3 aromatic rings. The largest absolute Gasteiger partial charge is 0.461 e. The third-order valence-corrected chi connectivity index (χ3v) is 4.45. The standard InChI is InChI=1S/C25H25NO2/c1-20(17-18-24(27)28-19-21-11-5-2-6-12-21)26-25(22-13-7-3-8-14-22)23-15-9-4-10-16-23/h2-16,20H,17-19H2,1H3/t20-/m1/s1. The van der Waals surface area contributed by atoms with E-state index in [0.717, 1.165) is 22.4 Å². The van der Waals surface area contributed by atoms with Gasteiger partial charge in [0.05, 0.1) is 5.71 Å². The SMILES string of the molecule is C[C@H](CCC(=O)OCc1ccccc1)N=C(c1ccccc1)c1ccccc1. The zero-order valence-electron chi connectivity index (χ0n) is 16.1. The van der Waals surface area contributed by atoms with E-state index in [2.05, 4.69) is 24.3 Å². The molecule has 0 aromatic heterocycles. The predicted octanol–water partition coefficient (Wildman–Crippen LogP) is 5.44. The molecule has 0 aliphatic rings. The molecule has 0 saturated carbocycles. The predicted molar refractivity (Wildman–Crippen MR) is 113 cm³/mol. The van der Waals surface area contributed by atoms with E-state index in [1.165, 1.54) is 0 Å². The Balaban J connectivity index is 1.62. The molecule has 3 aromatic carbocycles. The van der Waals surface area contributed by atoms with E-state index in [1.807, 2.05) is 73.7 Å². The summed E-state index contributed by atoms with van der Waals surface area (Å²) in [7, 11) is 0. The first-order chi connectivity index (χ1) is 13.7. The maximum atomic E-state index is 12.1. The quantitative estimate of drug-likeness (QED) is 0.391. The van der Waals surface area contributed by atoms with Crippen LogP contribution in [0.25, 0.3) is 0 Å². The molecule has 3 rings (SSSR count). The van der Waals surface area contributed by atoms with Crippen LogP contribution in [0.2, 0.25) is 0 Å². The zero-order chi connectivity index (χ0) is 19.6. The Kier molecular flexibility index (Phi) is 7.14. The highest BCUT2D eigenvalue weighted by atomic mass is 16.5. The van der Waals surface area contributed by atoms with Crippen LogP contribution >= 0.6 is 0 Å². The highest BCUT2D eigenvalue weighted by Gasteiger charge is 2.11. The lowest BCUT2D eigenvalue weighted by Crippen LogP contribution is -2.12. The average molecular weight is 371 g/mol. The summed E-state index contributed by atoms with van der Waals surface area (Å²) >= 11 is 0. The molecular weight excluding hydrogens is 346 g/mol. The van der Waals surface area contributed by atoms with Crippen LogP contribution in [0.15, 0.2) is 96.0 Å². The minimum atomic E-state index is -0.188. The van der Waals surface area contributed by atoms with E-state index < -0.39 is 0 Å². The van der Waals surface area contributed by atoms with E-state index in [1.54, 1.807) is 0 Å². The lowest BCUT2D eigenvalue weighted by Gasteiger charge is -2.12. The van der Waals surface area contributed by atoms with Crippen LogP contribution in [0.1, 0.15) is 36.5 Å². The van der Waals surface area contributed by atoms with Gasteiger partial charge in [-0.3, -0.25) is 9.79 Å². The van der Waals surface area contributed by atoms with Crippen LogP contribution in [0.4, 0.5) is 0 Å². The molecule has 28 heavy (non-hydrogen) atoms. The molecule has 0 unspecified atom stereocenters. The van der Waals surface area contributed by atoms with Crippen LogP contribution < -0.4 is 0 Å². The fourth-order valence-electron chi connectivity index (χ4n) is 2.93. The zero-order valence-corrected chi connectivity index (χ0v) is 16.1. The molecule has 0 saturated heterocycles. The van der Waals surface area contributed by atoms with Crippen molar-refractivity contribution in [2.24, 2.45) is 4.99 Å².